The molecule has 5 aromatic rings. The van der Waals surface area contributed by atoms with Gasteiger partial charge in [0.1, 0.15) is 22.5 Å². The Bertz CT molecular complexity index is 1440. The molecule has 28 heavy (non-hydrogen) atoms. The minimum atomic E-state index is 0.605. The number of rotatable bonds is 2. The molecule has 0 radical (unpaired) electrons. The first-order valence-corrected chi connectivity index (χ1v) is 9.22. The summed E-state index contributed by atoms with van der Waals surface area (Å²) < 4.78 is 12.3. The lowest BCUT2D eigenvalue weighted by atomic mass is 9.93. The highest BCUT2D eigenvalue weighted by Gasteiger charge is 2.20. The van der Waals surface area contributed by atoms with Gasteiger partial charge in [-0.25, -0.2) is 0 Å². The molecule has 0 N–H and O–H groups in total. The number of fused-ring (bicyclic) bond motifs is 4. The van der Waals surface area contributed by atoms with Crippen molar-refractivity contribution in [3.8, 4) is 17.2 Å². The molecule has 3 heteroatoms. The average molecular weight is 363 g/mol. The van der Waals surface area contributed by atoms with Gasteiger partial charge in [0.25, 0.3) is 0 Å². The Labute approximate surface area is 162 Å². The Morgan fingerprint density at radius 3 is 2.54 bits per heavy atom. The number of para-hydroxylation sites is 2. The van der Waals surface area contributed by atoms with E-state index >= 15 is 0 Å². The van der Waals surface area contributed by atoms with Gasteiger partial charge in [0.15, 0.2) is 0 Å². The van der Waals surface area contributed by atoms with Crippen molar-refractivity contribution in [1.29, 1.82) is 5.26 Å². The van der Waals surface area contributed by atoms with Gasteiger partial charge in [-0.3, -0.25) is 0 Å². The quantitative estimate of drug-likeness (QED) is 0.333. The summed E-state index contributed by atoms with van der Waals surface area (Å²) in [6.45, 7) is 4.03. The van der Waals surface area contributed by atoms with Crippen LogP contribution in [-0.2, 0) is 0 Å². The van der Waals surface area contributed by atoms with E-state index in [0.29, 0.717) is 5.56 Å². The molecule has 3 nitrogen and oxygen atoms in total. The van der Waals surface area contributed by atoms with E-state index in [0.717, 1.165) is 55.4 Å². The Kier molecular flexibility index (Phi) is 3.60. The molecule has 2 aromatic heterocycles. The molecule has 0 unspecified atom stereocenters. The lowest BCUT2D eigenvalue weighted by molar-refractivity contribution is 0.602. The van der Waals surface area contributed by atoms with Crippen molar-refractivity contribution in [3.05, 3.63) is 77.6 Å². The molecule has 0 fully saturated rings. The second-order valence-electron chi connectivity index (χ2n) is 6.84. The number of allylic oxidation sites excluding steroid dienone is 1. The Morgan fingerprint density at radius 2 is 1.71 bits per heavy atom. The smallest absolute Gasteiger partial charge is 0.142 e. The minimum Gasteiger partial charge on any atom is -0.456 e. The third kappa shape index (κ3) is 2.22. The van der Waals surface area contributed by atoms with Gasteiger partial charge in [-0.15, -0.1) is 0 Å². The van der Waals surface area contributed by atoms with Crippen LogP contribution in [0.4, 0.5) is 0 Å². The van der Waals surface area contributed by atoms with Gasteiger partial charge >= 0.3 is 0 Å². The highest BCUT2D eigenvalue weighted by Crippen LogP contribution is 2.42. The summed E-state index contributed by atoms with van der Waals surface area (Å²) in [7, 11) is 0. The van der Waals surface area contributed by atoms with Gasteiger partial charge in [-0.2, -0.15) is 5.26 Å². The number of benzene rings is 3. The zero-order chi connectivity index (χ0) is 19.3. The number of hydrogen-bond donors (Lipinski definition) is 0. The molecular formula is C25H17NO2. The Hall–Kier alpha value is -3.77. The zero-order valence-corrected chi connectivity index (χ0v) is 15.6. The van der Waals surface area contributed by atoms with Crippen molar-refractivity contribution < 1.29 is 8.83 Å². The zero-order valence-electron chi connectivity index (χ0n) is 15.6. The van der Waals surface area contributed by atoms with Crippen molar-refractivity contribution in [2.45, 2.75) is 13.8 Å². The van der Waals surface area contributed by atoms with Crippen LogP contribution in [0.1, 0.15) is 23.8 Å². The van der Waals surface area contributed by atoms with E-state index in [-0.39, 0.29) is 0 Å². The molecule has 0 spiro atoms. The van der Waals surface area contributed by atoms with Gasteiger partial charge in [0.2, 0.25) is 0 Å². The topological polar surface area (TPSA) is 50.1 Å². The van der Waals surface area contributed by atoms with E-state index in [1.54, 1.807) is 0 Å². The molecule has 0 atom stereocenters. The summed E-state index contributed by atoms with van der Waals surface area (Å²) in [6, 6.07) is 20.1. The first-order valence-electron chi connectivity index (χ1n) is 9.22. The average Bonchev–Trinajstić information content (AvgIpc) is 3.25. The monoisotopic (exact) mass is 363 g/mol. The number of nitriles is 1. The van der Waals surface area contributed by atoms with Gasteiger partial charge in [0.05, 0.1) is 11.6 Å². The molecule has 0 saturated carbocycles. The van der Waals surface area contributed by atoms with Gasteiger partial charge in [-0.05, 0) is 38.1 Å². The highest BCUT2D eigenvalue weighted by molar-refractivity contribution is 6.16. The van der Waals surface area contributed by atoms with E-state index < -0.39 is 0 Å². The van der Waals surface area contributed by atoms with E-state index in [2.05, 4.69) is 19.1 Å². The van der Waals surface area contributed by atoms with Crippen LogP contribution in [0.2, 0.25) is 0 Å². The lowest BCUT2D eigenvalue weighted by Crippen LogP contribution is -1.87. The summed E-state index contributed by atoms with van der Waals surface area (Å²) in [5, 5.41) is 12.8. The lowest BCUT2D eigenvalue weighted by Gasteiger charge is -2.07. The van der Waals surface area contributed by atoms with E-state index in [4.69, 9.17) is 8.83 Å². The van der Waals surface area contributed by atoms with Crippen LogP contribution >= 0.6 is 0 Å². The van der Waals surface area contributed by atoms with Crippen molar-refractivity contribution in [1.82, 2.24) is 0 Å². The summed E-state index contributed by atoms with van der Waals surface area (Å²) in [4.78, 5) is 0. The predicted molar refractivity (Wildman–Crippen MR) is 113 cm³/mol. The summed E-state index contributed by atoms with van der Waals surface area (Å²) >= 11 is 0. The first-order chi connectivity index (χ1) is 13.7. The fourth-order valence-corrected chi connectivity index (χ4v) is 3.96. The van der Waals surface area contributed by atoms with Gasteiger partial charge in [-0.1, -0.05) is 42.5 Å². The molecule has 0 amide bonds. The molecule has 0 aliphatic rings. The van der Waals surface area contributed by atoms with Crippen LogP contribution in [0.3, 0.4) is 0 Å². The van der Waals surface area contributed by atoms with Crippen LogP contribution < -0.4 is 0 Å². The second-order valence-corrected chi connectivity index (χ2v) is 6.84. The Balaban J connectivity index is 1.97. The van der Waals surface area contributed by atoms with E-state index in [9.17, 15) is 5.26 Å². The van der Waals surface area contributed by atoms with Crippen molar-refractivity contribution in [2.75, 3.05) is 0 Å². The van der Waals surface area contributed by atoms with Crippen molar-refractivity contribution in [2.24, 2.45) is 0 Å². The first kappa shape index (κ1) is 16.4. The second kappa shape index (κ2) is 6.14. The molecule has 134 valence electrons. The summed E-state index contributed by atoms with van der Waals surface area (Å²) in [5.74, 6) is 0.840. The number of aryl methyl sites for hydroxylation is 1. The number of furan rings is 2. The molecule has 0 saturated heterocycles. The van der Waals surface area contributed by atoms with E-state index in [1.807, 2.05) is 67.6 Å². The predicted octanol–water partition coefficient (Wildman–Crippen LogP) is 7.21. The fourth-order valence-electron chi connectivity index (χ4n) is 3.96. The standard InChI is InChI=1S/C25H17NO2/c1-3-7-20-15(2)17-9-6-10-19(25(17)28-20)23-16(14-26)12-13-22-24(23)18-8-4-5-11-21(18)27-22/h3-13H,1-2H3/b7-3-. The molecule has 0 aliphatic carbocycles. The fraction of sp³-hybridized carbons (Fsp3) is 0.0800. The van der Waals surface area contributed by atoms with Crippen LogP contribution in [0.5, 0.6) is 0 Å². The molecule has 2 heterocycles. The maximum Gasteiger partial charge on any atom is 0.142 e. The van der Waals surface area contributed by atoms with Crippen molar-refractivity contribution in [3.63, 3.8) is 0 Å². The largest absolute Gasteiger partial charge is 0.456 e. The SMILES string of the molecule is C/C=C\c1oc2c(-c3c(C#N)ccc4oc5ccccc5c34)cccc2c1C. The van der Waals surface area contributed by atoms with Crippen LogP contribution in [-0.4, -0.2) is 0 Å². The normalized spacial score (nSPS) is 11.8. The molecule has 0 bridgehead atoms. The minimum absolute atomic E-state index is 0.605. The van der Waals surface area contributed by atoms with Crippen LogP contribution in [0.25, 0.3) is 50.1 Å². The molecular weight excluding hydrogens is 346 g/mol. The van der Waals surface area contributed by atoms with Crippen LogP contribution in [0.15, 0.2) is 69.5 Å². The van der Waals surface area contributed by atoms with E-state index in [1.165, 1.54) is 0 Å². The molecule has 3 aromatic carbocycles. The third-order valence-electron chi connectivity index (χ3n) is 5.25. The summed E-state index contributed by atoms with van der Waals surface area (Å²) in [6.07, 6.45) is 3.94. The van der Waals surface area contributed by atoms with Crippen molar-refractivity contribution >= 4 is 39.0 Å². The van der Waals surface area contributed by atoms with Gasteiger partial charge in [0, 0.05) is 32.8 Å². The van der Waals surface area contributed by atoms with Gasteiger partial charge < -0.3 is 8.83 Å². The third-order valence-corrected chi connectivity index (χ3v) is 5.25. The summed E-state index contributed by atoms with van der Waals surface area (Å²) in [5.41, 5.74) is 5.84. The maximum absolute atomic E-state index is 9.84. The Morgan fingerprint density at radius 1 is 0.893 bits per heavy atom. The highest BCUT2D eigenvalue weighted by atomic mass is 16.3. The number of hydrogen-bond acceptors (Lipinski definition) is 3. The molecule has 0 aliphatic heterocycles. The number of nitrogens with zero attached hydrogens (tertiary/aromatic N) is 1. The molecule has 5 rings (SSSR count). The van der Waals surface area contributed by atoms with Crippen LogP contribution in [0, 0.1) is 18.3 Å². The maximum atomic E-state index is 9.84.